The van der Waals surface area contributed by atoms with Gasteiger partial charge in [-0.25, -0.2) is 0 Å². The molecule has 5 N–H and O–H groups in total. The monoisotopic (exact) mass is 416 g/mol. The Balaban J connectivity index is 1.58. The Labute approximate surface area is 171 Å². The molecular formula is C21H20O9. The fourth-order valence-electron chi connectivity index (χ4n) is 3.30. The van der Waals surface area contributed by atoms with Crippen molar-refractivity contribution in [2.24, 2.45) is 0 Å². The number of aromatic hydroxyl groups is 2. The van der Waals surface area contributed by atoms with Gasteiger partial charge in [0.25, 0.3) is 0 Å². The molecule has 158 valence electrons. The van der Waals surface area contributed by atoms with Crippen LogP contribution in [0, 0.1) is 0 Å². The van der Waals surface area contributed by atoms with Gasteiger partial charge in [-0.05, 0) is 30.7 Å². The number of rotatable bonds is 3. The Morgan fingerprint density at radius 2 is 1.70 bits per heavy atom. The van der Waals surface area contributed by atoms with E-state index in [2.05, 4.69) is 0 Å². The summed E-state index contributed by atoms with van der Waals surface area (Å²) < 4.78 is 16.5. The van der Waals surface area contributed by atoms with Crippen molar-refractivity contribution >= 4 is 11.9 Å². The van der Waals surface area contributed by atoms with Crippen LogP contribution in [0.1, 0.15) is 22.8 Å². The van der Waals surface area contributed by atoms with Crippen molar-refractivity contribution in [3.63, 3.8) is 0 Å². The minimum absolute atomic E-state index is 0.0238. The molecule has 0 radical (unpaired) electrons. The quantitative estimate of drug-likeness (QED) is 0.461. The molecular weight excluding hydrogens is 396 g/mol. The minimum atomic E-state index is -1.53. The molecule has 2 aliphatic heterocycles. The lowest BCUT2D eigenvalue weighted by molar-refractivity contribution is -0.268. The van der Waals surface area contributed by atoms with Gasteiger partial charge >= 0.3 is 0 Å². The lowest BCUT2D eigenvalue weighted by Gasteiger charge is -2.38. The van der Waals surface area contributed by atoms with Crippen molar-refractivity contribution in [1.82, 2.24) is 0 Å². The van der Waals surface area contributed by atoms with Crippen molar-refractivity contribution in [3.8, 4) is 23.0 Å². The Morgan fingerprint density at radius 1 is 1.00 bits per heavy atom. The molecule has 9 nitrogen and oxygen atoms in total. The standard InChI is InChI=1S/C21H20O9/c1-9-17(24)19(26)20(27)21(28-9)29-12-7-13(23)16-14(8-12)30-15(18(16)25)6-10-2-4-11(22)5-3-10/h2-9,17,19-24,26-27H,1H3/t9?,17-,19-,20?,21-/m0/s1. The van der Waals surface area contributed by atoms with E-state index in [0.717, 1.165) is 0 Å². The lowest BCUT2D eigenvalue weighted by Crippen LogP contribution is -2.58. The van der Waals surface area contributed by atoms with E-state index in [0.29, 0.717) is 5.56 Å². The number of hydrogen-bond acceptors (Lipinski definition) is 9. The number of aliphatic hydroxyl groups excluding tert-OH is 3. The zero-order valence-electron chi connectivity index (χ0n) is 15.8. The van der Waals surface area contributed by atoms with Gasteiger partial charge in [0.15, 0.2) is 5.76 Å². The van der Waals surface area contributed by atoms with Gasteiger partial charge in [-0.2, -0.15) is 0 Å². The van der Waals surface area contributed by atoms with E-state index in [9.17, 15) is 30.3 Å². The molecule has 0 amide bonds. The van der Waals surface area contributed by atoms with E-state index in [-0.39, 0.29) is 34.3 Å². The van der Waals surface area contributed by atoms with Gasteiger partial charge in [0.2, 0.25) is 12.1 Å². The third-order valence-corrected chi connectivity index (χ3v) is 4.98. The highest BCUT2D eigenvalue weighted by atomic mass is 16.7. The first-order chi connectivity index (χ1) is 14.2. The maximum Gasteiger partial charge on any atom is 0.235 e. The van der Waals surface area contributed by atoms with Crippen LogP contribution in [0.25, 0.3) is 6.08 Å². The Morgan fingerprint density at radius 3 is 2.40 bits per heavy atom. The largest absolute Gasteiger partial charge is 0.508 e. The van der Waals surface area contributed by atoms with Gasteiger partial charge in [-0.3, -0.25) is 4.79 Å². The highest BCUT2D eigenvalue weighted by Crippen LogP contribution is 2.41. The maximum atomic E-state index is 12.6. The number of ether oxygens (including phenoxy) is 3. The van der Waals surface area contributed by atoms with Crippen LogP contribution in [0.4, 0.5) is 0 Å². The maximum absolute atomic E-state index is 12.6. The molecule has 2 aliphatic rings. The number of hydrogen-bond donors (Lipinski definition) is 5. The van der Waals surface area contributed by atoms with E-state index in [1.807, 2.05) is 0 Å². The molecule has 2 aromatic carbocycles. The zero-order chi connectivity index (χ0) is 21.6. The van der Waals surface area contributed by atoms with Crippen molar-refractivity contribution in [1.29, 1.82) is 0 Å². The van der Waals surface area contributed by atoms with E-state index in [1.165, 1.54) is 37.3 Å². The molecule has 0 spiro atoms. The number of carbonyl (C=O) groups excluding carboxylic acids is 1. The first-order valence-electron chi connectivity index (χ1n) is 9.21. The summed E-state index contributed by atoms with van der Waals surface area (Å²) in [6.07, 6.45) is -4.91. The summed E-state index contributed by atoms with van der Waals surface area (Å²) in [6, 6.07) is 8.64. The average Bonchev–Trinajstić information content (AvgIpc) is 3.02. The molecule has 5 atom stereocenters. The van der Waals surface area contributed by atoms with Crippen LogP contribution in [-0.2, 0) is 4.74 Å². The molecule has 0 bridgehead atoms. The van der Waals surface area contributed by atoms with Crippen LogP contribution in [0.5, 0.6) is 23.0 Å². The second-order valence-electron chi connectivity index (χ2n) is 7.15. The number of allylic oxidation sites excluding steroid dienone is 1. The van der Waals surface area contributed by atoms with Crippen molar-refractivity contribution < 1.29 is 44.5 Å². The van der Waals surface area contributed by atoms with Crippen LogP contribution in [-0.4, -0.2) is 62.0 Å². The van der Waals surface area contributed by atoms with Crippen LogP contribution in [0.15, 0.2) is 42.2 Å². The molecule has 0 saturated carbocycles. The van der Waals surface area contributed by atoms with Gasteiger partial charge in [-0.1, -0.05) is 12.1 Å². The highest BCUT2D eigenvalue weighted by Gasteiger charge is 2.43. The number of aliphatic hydroxyl groups is 3. The van der Waals surface area contributed by atoms with Crippen molar-refractivity contribution in [2.75, 3.05) is 0 Å². The molecule has 1 fully saturated rings. The first kappa shape index (κ1) is 20.2. The second-order valence-corrected chi connectivity index (χ2v) is 7.15. The molecule has 0 aromatic heterocycles. The van der Waals surface area contributed by atoms with Gasteiger partial charge in [0, 0.05) is 12.1 Å². The fraction of sp³-hybridized carbons (Fsp3) is 0.286. The molecule has 2 heterocycles. The third-order valence-electron chi connectivity index (χ3n) is 4.98. The first-order valence-corrected chi connectivity index (χ1v) is 9.21. The normalized spacial score (nSPS) is 29.5. The van der Waals surface area contributed by atoms with Crippen LogP contribution in [0.2, 0.25) is 0 Å². The second kappa shape index (κ2) is 7.62. The van der Waals surface area contributed by atoms with E-state index < -0.39 is 36.5 Å². The van der Waals surface area contributed by atoms with E-state index >= 15 is 0 Å². The lowest BCUT2D eigenvalue weighted by atomic mass is 10.00. The summed E-state index contributed by atoms with van der Waals surface area (Å²) in [5.74, 6) is -0.769. The third kappa shape index (κ3) is 3.59. The molecule has 2 aromatic rings. The van der Waals surface area contributed by atoms with E-state index in [1.54, 1.807) is 12.1 Å². The Bertz CT molecular complexity index is 998. The number of phenols is 2. The molecule has 30 heavy (non-hydrogen) atoms. The van der Waals surface area contributed by atoms with Crippen LogP contribution in [0.3, 0.4) is 0 Å². The predicted octanol–water partition coefficient (Wildman–Crippen LogP) is 0.920. The van der Waals surface area contributed by atoms with Crippen molar-refractivity contribution in [3.05, 3.63) is 53.3 Å². The SMILES string of the molecule is CC1O[C@@H](Oc2cc(O)c3c(c2)OC(=Cc2ccc(O)cc2)C3=O)C(O)[C@@H](O)[C@H]1O. The molecule has 1 saturated heterocycles. The predicted molar refractivity (Wildman–Crippen MR) is 102 cm³/mol. The number of benzene rings is 2. The summed E-state index contributed by atoms with van der Waals surface area (Å²) in [4.78, 5) is 12.6. The fourth-order valence-corrected chi connectivity index (χ4v) is 3.30. The summed E-state index contributed by atoms with van der Waals surface area (Å²) >= 11 is 0. The molecule has 2 unspecified atom stereocenters. The molecule has 4 rings (SSSR count). The molecule has 9 heteroatoms. The number of carbonyl (C=O) groups is 1. The van der Waals surface area contributed by atoms with Gasteiger partial charge in [-0.15, -0.1) is 0 Å². The summed E-state index contributed by atoms with van der Waals surface area (Å²) in [6.45, 7) is 1.51. The van der Waals surface area contributed by atoms with Gasteiger partial charge < -0.3 is 39.7 Å². The molecule has 0 aliphatic carbocycles. The van der Waals surface area contributed by atoms with Gasteiger partial charge in [0.1, 0.15) is 46.9 Å². The van der Waals surface area contributed by atoms with Crippen LogP contribution < -0.4 is 9.47 Å². The Kier molecular flexibility index (Phi) is 5.12. The van der Waals surface area contributed by atoms with E-state index in [4.69, 9.17) is 14.2 Å². The average molecular weight is 416 g/mol. The summed E-state index contributed by atoms with van der Waals surface area (Å²) in [7, 11) is 0. The number of Topliss-reactive ketones (excluding diaryl/α,β-unsaturated/α-hetero) is 1. The summed E-state index contributed by atoms with van der Waals surface area (Å²) in [5, 5.41) is 49.4. The summed E-state index contributed by atoms with van der Waals surface area (Å²) in [5.41, 5.74) is 0.571. The minimum Gasteiger partial charge on any atom is -0.508 e. The number of phenolic OH excluding ortho intramolecular Hbond substituents is 2. The highest BCUT2D eigenvalue weighted by molar-refractivity contribution is 6.16. The van der Waals surface area contributed by atoms with Crippen LogP contribution >= 0.6 is 0 Å². The number of fused-ring (bicyclic) bond motifs is 1. The van der Waals surface area contributed by atoms with Crippen molar-refractivity contribution in [2.45, 2.75) is 37.6 Å². The topological polar surface area (TPSA) is 146 Å². The smallest absolute Gasteiger partial charge is 0.235 e. The van der Waals surface area contributed by atoms with Gasteiger partial charge in [0.05, 0.1) is 6.10 Å². The Hall–Kier alpha value is -3.11. The number of ketones is 1. The zero-order valence-corrected chi connectivity index (χ0v) is 15.8.